The quantitative estimate of drug-likeness (QED) is 0.170. The van der Waals surface area contributed by atoms with Crippen molar-refractivity contribution >= 4 is 21.9 Å². The van der Waals surface area contributed by atoms with Crippen LogP contribution in [0.2, 0.25) is 0 Å². The molecule has 0 amide bonds. The maximum Gasteiger partial charge on any atom is 0.120 e. The Morgan fingerprint density at radius 3 is 2.26 bits per heavy atom. The van der Waals surface area contributed by atoms with E-state index in [1.165, 1.54) is 16.7 Å². The number of rotatable bonds is 4. The number of benzene rings is 4. The zero-order valence-electron chi connectivity index (χ0n) is 23.8. The van der Waals surface area contributed by atoms with Gasteiger partial charge in [-0.1, -0.05) is 97.4 Å². The van der Waals surface area contributed by atoms with Gasteiger partial charge in [0.15, 0.2) is 0 Å². The van der Waals surface area contributed by atoms with Gasteiger partial charge < -0.3 is 14.4 Å². The second-order valence-corrected chi connectivity index (χ2v) is 10.4. The maximum absolute atomic E-state index is 6.11. The molecule has 3 aromatic heterocycles. The number of hydrogen-bond acceptors (Lipinski definition) is 3. The number of aryl methyl sites for hydroxylation is 1. The van der Waals surface area contributed by atoms with Gasteiger partial charge in [-0.15, -0.1) is 53.6 Å². The van der Waals surface area contributed by atoms with Gasteiger partial charge in [-0.3, -0.25) is 0 Å². The van der Waals surface area contributed by atoms with Crippen molar-refractivity contribution in [3.05, 3.63) is 145 Å². The third kappa shape index (κ3) is 6.26. The number of para-hydroxylation sites is 1. The van der Waals surface area contributed by atoms with Gasteiger partial charge in [0.05, 0.1) is 5.58 Å². The van der Waals surface area contributed by atoms with Gasteiger partial charge in [0.2, 0.25) is 0 Å². The SMILES string of the molecule is Cc1ccc(-c2[c-]cc(C(C)C)cc2)nc1.[Ir].[c-]1ccc2c(oc3ccccc32)c1-c1cc(-c2ccccc2)ccn1. The number of hydrogen-bond donors (Lipinski definition) is 0. The Morgan fingerprint density at radius 2 is 1.52 bits per heavy atom. The van der Waals surface area contributed by atoms with Crippen molar-refractivity contribution in [3.8, 4) is 33.6 Å². The Kier molecular flexibility index (Phi) is 9.07. The minimum atomic E-state index is 0. The van der Waals surface area contributed by atoms with E-state index in [0.717, 1.165) is 50.0 Å². The Morgan fingerprint density at radius 1 is 0.714 bits per heavy atom. The van der Waals surface area contributed by atoms with Crippen molar-refractivity contribution in [2.45, 2.75) is 26.7 Å². The van der Waals surface area contributed by atoms with Crippen LogP contribution in [0.15, 0.2) is 126 Å². The number of nitrogens with zero attached hydrogens (tertiary/aromatic N) is 2. The summed E-state index contributed by atoms with van der Waals surface area (Å²) in [5.41, 5.74) is 10.3. The standard InChI is InChI=1S/C23H14NO.C15H16N.Ir/c1-2-7-16(8-3-1)17-13-14-24-21(15-17)20-11-6-10-19-18-9-4-5-12-22(18)25-23(19)20;1-11(2)13-5-7-14(8-6-13)15-9-4-12(3)10-16-15;/h1-10,12-15H;4-7,9-11H,1-3H3;/q2*-1;. The van der Waals surface area contributed by atoms with E-state index >= 15 is 0 Å². The van der Waals surface area contributed by atoms with E-state index in [1.54, 1.807) is 0 Å². The topological polar surface area (TPSA) is 38.9 Å². The third-order valence-corrected chi connectivity index (χ3v) is 7.15. The van der Waals surface area contributed by atoms with Crippen molar-refractivity contribution in [3.63, 3.8) is 0 Å². The summed E-state index contributed by atoms with van der Waals surface area (Å²) in [6.07, 6.45) is 3.73. The van der Waals surface area contributed by atoms with Gasteiger partial charge in [0, 0.05) is 37.9 Å². The van der Waals surface area contributed by atoms with E-state index in [2.05, 4.69) is 84.5 Å². The van der Waals surface area contributed by atoms with Crippen LogP contribution in [0, 0.1) is 19.1 Å². The number of aromatic nitrogens is 2. The molecule has 0 saturated carbocycles. The summed E-state index contributed by atoms with van der Waals surface area (Å²) in [5.74, 6) is 0.552. The molecule has 3 nitrogen and oxygen atoms in total. The molecule has 3 heterocycles. The number of pyridine rings is 2. The predicted molar refractivity (Wildman–Crippen MR) is 169 cm³/mol. The van der Waals surface area contributed by atoms with Crippen LogP contribution in [-0.4, -0.2) is 9.97 Å². The van der Waals surface area contributed by atoms with E-state index < -0.39 is 0 Å². The Bertz CT molecular complexity index is 1910. The minimum Gasteiger partial charge on any atom is -0.501 e. The van der Waals surface area contributed by atoms with E-state index in [4.69, 9.17) is 4.42 Å². The van der Waals surface area contributed by atoms with Crippen LogP contribution in [-0.2, 0) is 20.1 Å². The summed E-state index contributed by atoms with van der Waals surface area (Å²) in [5, 5.41) is 2.21. The molecule has 0 fully saturated rings. The molecular formula is C38H30IrN2O-2. The van der Waals surface area contributed by atoms with E-state index in [0.29, 0.717) is 5.92 Å². The zero-order valence-corrected chi connectivity index (χ0v) is 26.2. The first-order valence-corrected chi connectivity index (χ1v) is 13.9. The van der Waals surface area contributed by atoms with Gasteiger partial charge in [-0.2, -0.15) is 0 Å². The fourth-order valence-electron chi connectivity index (χ4n) is 4.84. The van der Waals surface area contributed by atoms with Crippen molar-refractivity contribution < 1.29 is 24.5 Å². The normalized spacial score (nSPS) is 10.8. The minimum absolute atomic E-state index is 0. The maximum atomic E-state index is 6.11. The molecule has 209 valence electrons. The molecule has 4 heteroatoms. The summed E-state index contributed by atoms with van der Waals surface area (Å²) < 4.78 is 6.11. The summed E-state index contributed by atoms with van der Waals surface area (Å²) in [6.45, 7) is 6.42. The first kappa shape index (κ1) is 29.1. The molecule has 0 N–H and O–H groups in total. The first-order valence-electron chi connectivity index (χ1n) is 13.9. The van der Waals surface area contributed by atoms with Crippen molar-refractivity contribution in [2.75, 3.05) is 0 Å². The molecule has 0 atom stereocenters. The third-order valence-electron chi connectivity index (χ3n) is 7.15. The zero-order chi connectivity index (χ0) is 28.2. The molecule has 7 rings (SSSR count). The molecule has 0 aliphatic rings. The predicted octanol–water partition coefficient (Wildman–Crippen LogP) is 10.1. The summed E-state index contributed by atoms with van der Waals surface area (Å²) in [6, 6.07) is 43.5. The van der Waals surface area contributed by atoms with Gasteiger partial charge in [0.1, 0.15) is 5.58 Å². The fourth-order valence-corrected chi connectivity index (χ4v) is 4.84. The number of fused-ring (bicyclic) bond motifs is 3. The monoisotopic (exact) mass is 723 g/mol. The Labute approximate surface area is 260 Å². The molecule has 0 saturated heterocycles. The van der Waals surface area contributed by atoms with Gasteiger partial charge in [0.25, 0.3) is 0 Å². The smallest absolute Gasteiger partial charge is 0.120 e. The molecule has 0 aliphatic carbocycles. The van der Waals surface area contributed by atoms with Crippen LogP contribution < -0.4 is 0 Å². The molecule has 42 heavy (non-hydrogen) atoms. The van der Waals surface area contributed by atoms with E-state index in [1.807, 2.05) is 80.0 Å². The molecule has 4 aromatic carbocycles. The molecule has 0 spiro atoms. The summed E-state index contributed by atoms with van der Waals surface area (Å²) in [4.78, 5) is 8.96. The summed E-state index contributed by atoms with van der Waals surface area (Å²) in [7, 11) is 0. The van der Waals surface area contributed by atoms with Crippen molar-refractivity contribution in [1.82, 2.24) is 9.97 Å². The van der Waals surface area contributed by atoms with Gasteiger partial charge in [-0.05, 0) is 47.1 Å². The molecule has 7 aromatic rings. The van der Waals surface area contributed by atoms with Crippen molar-refractivity contribution in [1.29, 1.82) is 0 Å². The molecular weight excluding hydrogens is 693 g/mol. The molecule has 0 aliphatic heterocycles. The number of furan rings is 1. The Balaban J connectivity index is 0.000000181. The van der Waals surface area contributed by atoms with Crippen LogP contribution in [0.1, 0.15) is 30.9 Å². The Hall–Kier alpha value is -4.37. The van der Waals surface area contributed by atoms with Crippen LogP contribution in [0.25, 0.3) is 55.6 Å². The second kappa shape index (κ2) is 13.1. The van der Waals surface area contributed by atoms with Crippen LogP contribution in [0.5, 0.6) is 0 Å². The van der Waals surface area contributed by atoms with Crippen LogP contribution in [0.3, 0.4) is 0 Å². The molecule has 0 unspecified atom stereocenters. The van der Waals surface area contributed by atoms with Crippen molar-refractivity contribution in [2.24, 2.45) is 0 Å². The average molecular weight is 723 g/mol. The van der Waals surface area contributed by atoms with Crippen LogP contribution in [0.4, 0.5) is 0 Å². The van der Waals surface area contributed by atoms with Crippen LogP contribution >= 0.6 is 0 Å². The average Bonchev–Trinajstić information content (AvgIpc) is 3.41. The van der Waals surface area contributed by atoms with Gasteiger partial charge in [-0.25, -0.2) is 0 Å². The second-order valence-electron chi connectivity index (χ2n) is 10.4. The van der Waals surface area contributed by atoms with Gasteiger partial charge >= 0.3 is 0 Å². The first-order chi connectivity index (χ1) is 20.1. The van der Waals surface area contributed by atoms with E-state index in [-0.39, 0.29) is 20.1 Å². The largest absolute Gasteiger partial charge is 0.501 e. The summed E-state index contributed by atoms with van der Waals surface area (Å²) >= 11 is 0. The van der Waals surface area contributed by atoms with E-state index in [9.17, 15) is 0 Å². The molecule has 1 radical (unpaired) electrons. The molecule has 0 bridgehead atoms. The fraction of sp³-hybridized carbons (Fsp3) is 0.105.